The number of benzene rings is 2. The lowest BCUT2D eigenvalue weighted by molar-refractivity contribution is -0.139. The molecular weight excluding hydrogens is 568 g/mol. The predicted molar refractivity (Wildman–Crippen MR) is 196 cm³/mol. The SMILES string of the molecule is CCCCCCCCCCCCc1cc(CC)c(O)c(Cc2cc(CCCCCCCCCCCC)cc(C)c2OCC(=O)O)c1. The fraction of sp³-hybridized carbons (Fsp3) is 0.690. The van der Waals surface area contributed by atoms with E-state index < -0.39 is 5.97 Å². The Bertz CT molecular complexity index is 1110. The molecule has 0 aromatic heterocycles. The number of rotatable bonds is 28. The van der Waals surface area contributed by atoms with Gasteiger partial charge in [-0.05, 0) is 72.4 Å². The second kappa shape index (κ2) is 24.7. The minimum absolute atomic E-state index is 0.364. The van der Waals surface area contributed by atoms with Gasteiger partial charge in [-0.15, -0.1) is 0 Å². The standard InChI is InChI=1S/C42H68O4/c1-5-8-10-12-14-16-18-20-22-24-26-35-28-34(4)42(46-33-40(43)44)39(31-35)32-38-30-36(29-37(7-3)41(38)45)27-25-23-21-19-17-15-13-11-9-6-2/h28-31,45H,5-27,32-33H2,1-4H3,(H,43,44). The fourth-order valence-electron chi connectivity index (χ4n) is 6.76. The summed E-state index contributed by atoms with van der Waals surface area (Å²) in [6, 6.07) is 8.71. The van der Waals surface area contributed by atoms with Crippen LogP contribution in [-0.2, 0) is 30.5 Å². The number of carboxylic acid groups (broad SMARTS) is 1. The predicted octanol–water partition coefficient (Wildman–Crippen LogP) is 12.2. The number of hydrogen-bond acceptors (Lipinski definition) is 3. The van der Waals surface area contributed by atoms with Crippen LogP contribution < -0.4 is 4.74 Å². The molecule has 260 valence electrons. The van der Waals surface area contributed by atoms with Gasteiger partial charge in [0.25, 0.3) is 0 Å². The first-order chi connectivity index (χ1) is 22.4. The Morgan fingerprint density at radius 1 is 0.587 bits per heavy atom. The van der Waals surface area contributed by atoms with Crippen LogP contribution in [0.4, 0.5) is 0 Å². The molecule has 2 N–H and O–H groups in total. The van der Waals surface area contributed by atoms with Crippen LogP contribution in [0, 0.1) is 6.92 Å². The molecule has 0 aliphatic heterocycles. The summed E-state index contributed by atoms with van der Waals surface area (Å²) in [6.45, 7) is 8.29. The molecule has 4 heteroatoms. The van der Waals surface area contributed by atoms with E-state index in [0.717, 1.165) is 47.9 Å². The molecule has 2 rings (SSSR count). The number of aryl methyl sites for hydroxylation is 4. The van der Waals surface area contributed by atoms with E-state index in [1.165, 1.54) is 133 Å². The highest BCUT2D eigenvalue weighted by Gasteiger charge is 2.16. The Kier molecular flexibility index (Phi) is 21.3. The number of aliphatic carboxylic acids is 1. The number of aromatic hydroxyl groups is 1. The lowest BCUT2D eigenvalue weighted by Crippen LogP contribution is -2.12. The molecule has 0 fully saturated rings. The number of carboxylic acids is 1. The van der Waals surface area contributed by atoms with Gasteiger partial charge in [-0.1, -0.05) is 161 Å². The van der Waals surface area contributed by atoms with Crippen molar-refractivity contribution in [3.63, 3.8) is 0 Å². The molecule has 0 radical (unpaired) electrons. The average molecular weight is 637 g/mol. The first-order valence-corrected chi connectivity index (χ1v) is 19.2. The average Bonchev–Trinajstić information content (AvgIpc) is 3.03. The Balaban J connectivity index is 2.02. The Morgan fingerprint density at radius 2 is 1.00 bits per heavy atom. The van der Waals surface area contributed by atoms with Gasteiger partial charge in [-0.2, -0.15) is 0 Å². The fourth-order valence-corrected chi connectivity index (χ4v) is 6.76. The van der Waals surface area contributed by atoms with Crippen molar-refractivity contribution in [3.05, 3.63) is 57.6 Å². The minimum Gasteiger partial charge on any atom is -0.507 e. The van der Waals surface area contributed by atoms with Gasteiger partial charge in [0.1, 0.15) is 11.5 Å². The van der Waals surface area contributed by atoms with Crippen LogP contribution in [0.2, 0.25) is 0 Å². The van der Waals surface area contributed by atoms with Crippen molar-refractivity contribution in [2.24, 2.45) is 0 Å². The van der Waals surface area contributed by atoms with E-state index in [4.69, 9.17) is 4.74 Å². The lowest BCUT2D eigenvalue weighted by atomic mass is 9.92. The second-order valence-corrected chi connectivity index (χ2v) is 13.7. The van der Waals surface area contributed by atoms with Gasteiger partial charge < -0.3 is 14.9 Å². The third-order valence-electron chi connectivity index (χ3n) is 9.48. The van der Waals surface area contributed by atoms with Crippen molar-refractivity contribution < 1.29 is 19.7 Å². The number of hydrogen-bond donors (Lipinski definition) is 2. The minimum atomic E-state index is -0.977. The van der Waals surface area contributed by atoms with E-state index in [1.807, 2.05) is 6.92 Å². The molecule has 4 nitrogen and oxygen atoms in total. The first kappa shape index (κ1) is 39.7. The molecular formula is C42H68O4. The van der Waals surface area contributed by atoms with Gasteiger partial charge in [-0.3, -0.25) is 0 Å². The van der Waals surface area contributed by atoms with E-state index in [1.54, 1.807) is 0 Å². The Morgan fingerprint density at radius 3 is 1.46 bits per heavy atom. The maximum atomic E-state index is 11.4. The van der Waals surface area contributed by atoms with E-state index >= 15 is 0 Å². The van der Waals surface area contributed by atoms with E-state index in [-0.39, 0.29) is 6.61 Å². The second-order valence-electron chi connectivity index (χ2n) is 13.7. The highest BCUT2D eigenvalue weighted by Crippen LogP contribution is 2.34. The molecule has 0 aliphatic carbocycles. The van der Waals surface area contributed by atoms with Crippen molar-refractivity contribution >= 4 is 5.97 Å². The summed E-state index contributed by atoms with van der Waals surface area (Å²) in [5.41, 5.74) is 6.40. The van der Waals surface area contributed by atoms with Crippen molar-refractivity contribution in [3.8, 4) is 11.5 Å². The topological polar surface area (TPSA) is 66.8 Å². The van der Waals surface area contributed by atoms with Gasteiger partial charge in [0.05, 0.1) is 0 Å². The Labute approximate surface area is 282 Å². The van der Waals surface area contributed by atoms with Gasteiger partial charge >= 0.3 is 5.97 Å². The lowest BCUT2D eigenvalue weighted by Gasteiger charge is -2.18. The molecule has 0 saturated carbocycles. The monoisotopic (exact) mass is 637 g/mol. The molecule has 0 amide bonds. The van der Waals surface area contributed by atoms with Crippen LogP contribution in [0.15, 0.2) is 24.3 Å². The number of phenolic OH excluding ortho intramolecular Hbond substituents is 1. The zero-order valence-electron chi connectivity index (χ0n) is 30.2. The third-order valence-corrected chi connectivity index (χ3v) is 9.48. The third kappa shape index (κ3) is 16.4. The summed E-state index contributed by atoms with van der Waals surface area (Å²) < 4.78 is 5.85. The summed E-state index contributed by atoms with van der Waals surface area (Å²) in [6.07, 6.45) is 29.7. The van der Waals surface area contributed by atoms with Crippen molar-refractivity contribution in [2.45, 2.75) is 182 Å². The van der Waals surface area contributed by atoms with Crippen LogP contribution >= 0.6 is 0 Å². The normalized spacial score (nSPS) is 11.3. The molecule has 2 aromatic rings. The summed E-state index contributed by atoms with van der Waals surface area (Å²) in [5.74, 6) is 0.0393. The van der Waals surface area contributed by atoms with Gasteiger partial charge in [0, 0.05) is 6.42 Å². The van der Waals surface area contributed by atoms with E-state index in [2.05, 4.69) is 45.0 Å². The summed E-state index contributed by atoms with van der Waals surface area (Å²) in [4.78, 5) is 11.4. The van der Waals surface area contributed by atoms with Crippen LogP contribution in [0.1, 0.15) is 183 Å². The molecule has 0 unspecified atom stereocenters. The smallest absolute Gasteiger partial charge is 0.341 e. The molecule has 0 atom stereocenters. The van der Waals surface area contributed by atoms with Crippen molar-refractivity contribution in [2.75, 3.05) is 6.61 Å². The quantitative estimate of drug-likeness (QED) is 0.0912. The zero-order valence-corrected chi connectivity index (χ0v) is 30.2. The summed E-state index contributed by atoms with van der Waals surface area (Å²) in [7, 11) is 0. The first-order valence-electron chi connectivity index (χ1n) is 19.2. The highest BCUT2D eigenvalue weighted by molar-refractivity contribution is 5.68. The number of carbonyl (C=O) groups is 1. The molecule has 0 saturated heterocycles. The Hall–Kier alpha value is -2.49. The van der Waals surface area contributed by atoms with E-state index in [9.17, 15) is 15.0 Å². The van der Waals surface area contributed by atoms with Crippen molar-refractivity contribution in [1.29, 1.82) is 0 Å². The van der Waals surface area contributed by atoms with Gasteiger partial charge in [0.2, 0.25) is 0 Å². The molecule has 0 aliphatic rings. The van der Waals surface area contributed by atoms with Crippen LogP contribution in [0.3, 0.4) is 0 Å². The number of unbranched alkanes of at least 4 members (excludes halogenated alkanes) is 18. The van der Waals surface area contributed by atoms with Gasteiger partial charge in [-0.25, -0.2) is 4.79 Å². The zero-order chi connectivity index (χ0) is 33.4. The number of phenols is 1. The maximum absolute atomic E-state index is 11.4. The van der Waals surface area contributed by atoms with Crippen LogP contribution in [0.5, 0.6) is 11.5 Å². The maximum Gasteiger partial charge on any atom is 0.341 e. The highest BCUT2D eigenvalue weighted by atomic mass is 16.5. The molecule has 46 heavy (non-hydrogen) atoms. The molecule has 0 heterocycles. The molecule has 0 spiro atoms. The van der Waals surface area contributed by atoms with Crippen LogP contribution in [0.25, 0.3) is 0 Å². The summed E-state index contributed by atoms with van der Waals surface area (Å²) >= 11 is 0. The van der Waals surface area contributed by atoms with Gasteiger partial charge in [0.15, 0.2) is 6.61 Å². The number of ether oxygens (including phenoxy) is 1. The molecule has 2 aromatic carbocycles. The largest absolute Gasteiger partial charge is 0.507 e. The van der Waals surface area contributed by atoms with E-state index in [0.29, 0.717) is 17.9 Å². The van der Waals surface area contributed by atoms with Crippen LogP contribution in [-0.4, -0.2) is 22.8 Å². The molecule has 0 bridgehead atoms. The van der Waals surface area contributed by atoms with Crippen molar-refractivity contribution in [1.82, 2.24) is 0 Å². The summed E-state index contributed by atoms with van der Waals surface area (Å²) in [5, 5.41) is 20.6.